The van der Waals surface area contributed by atoms with Crippen molar-refractivity contribution in [1.29, 1.82) is 0 Å². The van der Waals surface area contributed by atoms with Crippen LogP contribution in [0.1, 0.15) is 500 Å². The summed E-state index contributed by atoms with van der Waals surface area (Å²) in [6.45, 7) is 17.5. The molecule has 0 aliphatic carbocycles. The fraction of sp³-hybridized carbons (Fsp3) is 0.812. The zero-order valence-electron chi connectivity index (χ0n) is 69.0. The first-order valence-corrected chi connectivity index (χ1v) is 47.6. The average Bonchev–Trinajstić information content (AvgIpc) is 1.60. The molecule has 0 aromatic heterocycles. The number of nitrogens with zero attached hydrogens (tertiary/aromatic N) is 2. The molecular weight excluding hydrogens is 1320 g/mol. The second-order valence-corrected chi connectivity index (χ2v) is 34.1. The molecule has 2 aromatic carbocycles. The van der Waals surface area contributed by atoms with Gasteiger partial charge in [-0.1, -0.05) is 286 Å². The van der Waals surface area contributed by atoms with Crippen molar-refractivity contribution in [2.45, 2.75) is 502 Å². The topological polar surface area (TPSA) is 59.5 Å². The van der Waals surface area contributed by atoms with Gasteiger partial charge in [0.25, 0.3) is 0 Å². The minimum atomic E-state index is 0.184. The van der Waals surface area contributed by atoms with Crippen LogP contribution in [0.15, 0.2) is 47.5 Å². The summed E-state index contributed by atoms with van der Waals surface area (Å²) in [6, 6.07) is 13.4. The Balaban J connectivity index is 0.000000689. The molecular formula is C96H170N2O2Pd. The van der Waals surface area contributed by atoms with Gasteiger partial charge in [0, 0.05) is 48.0 Å². The molecule has 2 aromatic rings. The molecule has 0 unspecified atom stereocenters. The molecule has 0 fully saturated rings. The van der Waals surface area contributed by atoms with E-state index in [1.807, 2.05) is 19.9 Å². The molecule has 0 saturated carbocycles. The number of aryl methyl sites for hydroxylation is 2. The third-order valence-electron chi connectivity index (χ3n) is 22.0. The molecule has 0 radical (unpaired) electrons. The Morgan fingerprint density at radius 1 is 0.257 bits per heavy atom. The van der Waals surface area contributed by atoms with Gasteiger partial charge < -0.3 is 5.53 Å². The van der Waals surface area contributed by atoms with Gasteiger partial charge in [-0.3, -0.25) is 9.59 Å². The molecule has 0 N–H and O–H groups in total. The number of ketones is 2. The van der Waals surface area contributed by atoms with Gasteiger partial charge in [-0.15, -0.1) is 0 Å². The smallest absolute Gasteiger partial charge is 0.0654 e. The number of rotatable bonds is 74. The summed E-state index contributed by atoms with van der Waals surface area (Å²) in [7, 11) is 0. The maximum atomic E-state index is 12.7. The molecule has 586 valence electrons. The fourth-order valence-electron chi connectivity index (χ4n) is 15.4. The number of unbranched alkanes of at least 4 members (excludes halogenated alkanes) is 54. The monoisotopic (exact) mass is 1490 g/mol. The molecule has 0 bridgehead atoms. The second kappa shape index (κ2) is 70.5. The average molecular weight is 1490 g/mol. The van der Waals surface area contributed by atoms with Crippen LogP contribution in [0.25, 0.3) is 16.9 Å². The van der Waals surface area contributed by atoms with Crippen molar-refractivity contribution in [3.8, 4) is 0 Å². The van der Waals surface area contributed by atoms with E-state index in [-0.39, 0.29) is 11.6 Å². The van der Waals surface area contributed by atoms with E-state index in [1.165, 1.54) is 393 Å². The van der Waals surface area contributed by atoms with Gasteiger partial charge in [0.2, 0.25) is 11.4 Å². The summed E-state index contributed by atoms with van der Waals surface area (Å²) in [5, 5.41) is 0. The molecule has 1 aliphatic heterocycles. The standard InChI is InChI=1S/C48H72N2O2.2C24H49.Pd/c1-7-13-17-19-20-24-28-46-45(27-23-18-14-8-2)48(42-33-39(35-43(51)11-5)30-40(34-42)36-44(52)12-6)50(49)47(46)41-31-37(25-21-15-9-3)29-38(32-41)26-22-16-10-4;2*1-3-5-7-9-11-13-15-17-19-21-23-24-22-20-18-16-14-12-10-8-6-4-2;/h29-34H,7-28,35-36H2,1-6H3;2*1,3-24H2,2H3;. The van der Waals surface area contributed by atoms with E-state index < -0.39 is 0 Å². The van der Waals surface area contributed by atoms with Crippen LogP contribution in [0.5, 0.6) is 0 Å². The molecule has 1 heterocycles. The fourth-order valence-corrected chi connectivity index (χ4v) is 17.3. The molecule has 5 heteroatoms. The molecule has 4 nitrogen and oxygen atoms in total. The summed E-state index contributed by atoms with van der Waals surface area (Å²) in [4.78, 5) is 28.6. The van der Waals surface area contributed by atoms with Crippen molar-refractivity contribution in [3.63, 3.8) is 0 Å². The van der Waals surface area contributed by atoms with Crippen molar-refractivity contribution in [2.24, 2.45) is 0 Å². The van der Waals surface area contributed by atoms with Crippen molar-refractivity contribution in [1.82, 2.24) is 0 Å². The molecule has 0 saturated heterocycles. The van der Waals surface area contributed by atoms with Gasteiger partial charge in [0.1, 0.15) is 11.6 Å². The predicted molar refractivity (Wildman–Crippen MR) is 446 cm³/mol. The minimum Gasteiger partial charge on any atom is -0.0654 e. The minimum absolute atomic E-state index is 0.184. The Morgan fingerprint density at radius 2 is 0.455 bits per heavy atom. The van der Waals surface area contributed by atoms with Crippen LogP contribution in [0.3, 0.4) is 0 Å². The summed E-state index contributed by atoms with van der Waals surface area (Å²) in [5.74, 6) is 0.369. The molecule has 0 amide bonds. The van der Waals surface area contributed by atoms with Crippen molar-refractivity contribution in [3.05, 3.63) is 86.5 Å². The first kappa shape index (κ1) is 94.6. The number of hydrogen-bond donors (Lipinski definition) is 0. The van der Waals surface area contributed by atoms with Gasteiger partial charge in [-0.2, -0.15) is 0 Å². The van der Waals surface area contributed by atoms with Crippen LogP contribution in [0.4, 0.5) is 0 Å². The molecule has 0 atom stereocenters. The van der Waals surface area contributed by atoms with Gasteiger partial charge in [0.15, 0.2) is 0 Å². The van der Waals surface area contributed by atoms with Gasteiger partial charge >= 0.3 is 169 Å². The third-order valence-corrected chi connectivity index (χ3v) is 24.2. The van der Waals surface area contributed by atoms with E-state index >= 15 is 0 Å². The Labute approximate surface area is 639 Å². The maximum absolute atomic E-state index is 12.7. The normalized spacial score (nSPS) is 12.5. The summed E-state index contributed by atoms with van der Waals surface area (Å²) in [6.07, 6.45) is 90.3. The van der Waals surface area contributed by atoms with Crippen LogP contribution in [-0.4, -0.2) is 16.3 Å². The second-order valence-electron chi connectivity index (χ2n) is 31.7. The molecule has 3 rings (SSSR count). The van der Waals surface area contributed by atoms with E-state index in [9.17, 15) is 15.1 Å². The number of carbonyl (C=O) groups is 2. The Morgan fingerprint density at radius 3 is 0.713 bits per heavy atom. The van der Waals surface area contributed by atoms with Crippen LogP contribution >= 0.6 is 0 Å². The van der Waals surface area contributed by atoms with E-state index in [0.717, 1.165) is 96.6 Å². The summed E-state index contributed by atoms with van der Waals surface area (Å²) < 4.78 is 1.52. The third kappa shape index (κ3) is 51.4. The van der Waals surface area contributed by atoms with E-state index in [2.05, 4.69) is 71.9 Å². The SMILES string of the molecule is CCCCCCCCC1=C(c2cc(CCCCC)cc(CCCCC)c2)[N+](=[N-])C(c2cc(CC(=O)CC)cc(CC(=O)CC)c2)=C1CCCCCC.CCCCCCCCCCCCCCCCCCCCCCC[CH2][Pd][CH2]CCCCCCCCCCCCCCCCCCCCCCC. The van der Waals surface area contributed by atoms with E-state index in [0.29, 0.717) is 25.7 Å². The van der Waals surface area contributed by atoms with Gasteiger partial charge in [-0.25, -0.2) is 4.70 Å². The first-order chi connectivity index (χ1) is 49.7. The molecule has 1 aliphatic rings. The van der Waals surface area contributed by atoms with Crippen molar-refractivity contribution in [2.75, 3.05) is 0 Å². The van der Waals surface area contributed by atoms with E-state index in [4.69, 9.17) is 0 Å². The van der Waals surface area contributed by atoms with Crippen molar-refractivity contribution < 1.29 is 32.3 Å². The number of Topliss-reactive ketones (excluding diaryl/α,β-unsaturated/α-hetero) is 2. The number of carbonyl (C=O) groups excluding carboxylic acids is 2. The van der Waals surface area contributed by atoms with Crippen LogP contribution in [0, 0.1) is 0 Å². The molecule has 101 heavy (non-hydrogen) atoms. The van der Waals surface area contributed by atoms with Crippen LogP contribution in [-0.2, 0) is 53.3 Å². The van der Waals surface area contributed by atoms with Crippen LogP contribution in [0.2, 0.25) is 9.79 Å². The van der Waals surface area contributed by atoms with Gasteiger partial charge in [-0.05, 0) is 97.9 Å². The Bertz CT molecular complexity index is 2210. The summed E-state index contributed by atoms with van der Waals surface area (Å²) >= 11 is 1.06. The van der Waals surface area contributed by atoms with Gasteiger partial charge in [0.05, 0.1) is 0 Å². The van der Waals surface area contributed by atoms with Crippen molar-refractivity contribution >= 4 is 23.0 Å². The molecule has 0 spiro atoms. The Hall–Kier alpha value is -2.48. The van der Waals surface area contributed by atoms with E-state index in [1.54, 1.807) is 9.79 Å². The predicted octanol–water partition coefficient (Wildman–Crippen LogP) is 33.2. The summed E-state index contributed by atoms with van der Waals surface area (Å²) in [5.41, 5.74) is 23.6. The number of hydrogen-bond acceptors (Lipinski definition) is 2. The Kier molecular flexibility index (Phi) is 66.0. The zero-order valence-corrected chi connectivity index (χ0v) is 70.5. The van der Waals surface area contributed by atoms with Crippen LogP contribution < -0.4 is 0 Å². The number of benzene rings is 2. The number of allylic oxidation sites excluding steroid dienone is 2. The first-order valence-electron chi connectivity index (χ1n) is 45.4. The zero-order chi connectivity index (χ0) is 73.0. The quantitative estimate of drug-likeness (QED) is 0.0376.